The molecule has 0 saturated heterocycles. The minimum Gasteiger partial charge on any atom is -0.496 e. The van der Waals surface area contributed by atoms with Gasteiger partial charge in [0.2, 0.25) is 5.91 Å². The van der Waals surface area contributed by atoms with Crippen molar-refractivity contribution in [1.29, 1.82) is 0 Å². The Bertz CT molecular complexity index is 686. The van der Waals surface area contributed by atoms with Gasteiger partial charge in [0.15, 0.2) is 0 Å². The van der Waals surface area contributed by atoms with Crippen LogP contribution >= 0.6 is 11.6 Å². The van der Waals surface area contributed by atoms with Crippen LogP contribution in [0.15, 0.2) is 48.5 Å². The van der Waals surface area contributed by atoms with E-state index in [-0.39, 0.29) is 10.7 Å². The lowest BCUT2D eigenvalue weighted by Crippen LogP contribution is -2.09. The van der Waals surface area contributed by atoms with Crippen molar-refractivity contribution in [3.63, 3.8) is 0 Å². The van der Waals surface area contributed by atoms with Crippen LogP contribution in [0.3, 0.4) is 0 Å². The zero-order valence-electron chi connectivity index (χ0n) is 11.3. The quantitative estimate of drug-likeness (QED) is 0.862. The molecule has 2 rings (SSSR count). The molecule has 108 valence electrons. The maximum absolute atomic E-state index is 13.5. The zero-order chi connectivity index (χ0) is 15.2. The van der Waals surface area contributed by atoms with E-state index in [0.29, 0.717) is 5.75 Å². The molecule has 21 heavy (non-hydrogen) atoms. The second-order valence-electron chi connectivity index (χ2n) is 4.19. The van der Waals surface area contributed by atoms with Gasteiger partial charge in [-0.2, -0.15) is 0 Å². The van der Waals surface area contributed by atoms with Gasteiger partial charge < -0.3 is 10.1 Å². The van der Waals surface area contributed by atoms with Crippen molar-refractivity contribution in [1.82, 2.24) is 0 Å². The van der Waals surface area contributed by atoms with Gasteiger partial charge in [0, 0.05) is 16.7 Å². The fourth-order valence-electron chi connectivity index (χ4n) is 1.73. The molecule has 0 aliphatic heterocycles. The predicted octanol–water partition coefficient (Wildman–Crippen LogP) is 4.14. The highest BCUT2D eigenvalue weighted by Crippen LogP contribution is 2.20. The first-order valence-electron chi connectivity index (χ1n) is 6.17. The predicted molar refractivity (Wildman–Crippen MR) is 82.1 cm³/mol. The van der Waals surface area contributed by atoms with Crippen LogP contribution < -0.4 is 10.1 Å². The number of hydrogen-bond donors (Lipinski definition) is 1. The number of benzene rings is 2. The molecule has 0 aliphatic rings. The molecular weight excluding hydrogens is 293 g/mol. The number of methoxy groups -OCH3 is 1. The van der Waals surface area contributed by atoms with Gasteiger partial charge in [0.05, 0.1) is 12.8 Å². The fourth-order valence-corrected chi connectivity index (χ4v) is 1.89. The van der Waals surface area contributed by atoms with Crippen LogP contribution in [0, 0.1) is 5.82 Å². The summed E-state index contributed by atoms with van der Waals surface area (Å²) in [4.78, 5) is 11.8. The Kier molecular flexibility index (Phi) is 4.95. The van der Waals surface area contributed by atoms with Crippen LogP contribution in [-0.2, 0) is 4.79 Å². The summed E-state index contributed by atoms with van der Waals surface area (Å²) in [5, 5.41) is 2.72. The molecule has 0 atom stereocenters. The van der Waals surface area contributed by atoms with E-state index in [0.717, 1.165) is 11.6 Å². The van der Waals surface area contributed by atoms with Crippen molar-refractivity contribution in [3.05, 3.63) is 64.9 Å². The maximum atomic E-state index is 13.5. The third-order valence-electron chi connectivity index (χ3n) is 2.74. The number of amides is 1. The molecule has 3 nitrogen and oxygen atoms in total. The molecule has 5 heteroatoms. The molecule has 0 aliphatic carbocycles. The average Bonchev–Trinajstić information content (AvgIpc) is 2.48. The van der Waals surface area contributed by atoms with Gasteiger partial charge in [-0.15, -0.1) is 0 Å². The highest BCUT2D eigenvalue weighted by Gasteiger charge is 2.05. The molecule has 0 unspecified atom stereocenters. The summed E-state index contributed by atoms with van der Waals surface area (Å²) in [6, 6.07) is 11.3. The summed E-state index contributed by atoms with van der Waals surface area (Å²) in [5.74, 6) is -0.372. The molecule has 2 aromatic carbocycles. The van der Waals surface area contributed by atoms with Crippen molar-refractivity contribution in [2.24, 2.45) is 0 Å². The van der Waals surface area contributed by atoms with Gasteiger partial charge in [0.1, 0.15) is 11.6 Å². The van der Waals surface area contributed by atoms with Crippen LogP contribution in [0.25, 0.3) is 6.08 Å². The van der Waals surface area contributed by atoms with Crippen molar-refractivity contribution >= 4 is 29.3 Å². The van der Waals surface area contributed by atoms with Crippen LogP contribution in [0.5, 0.6) is 5.75 Å². The zero-order valence-corrected chi connectivity index (χ0v) is 12.0. The first-order chi connectivity index (χ1) is 10.1. The Balaban J connectivity index is 2.09. The number of anilines is 1. The van der Waals surface area contributed by atoms with Crippen LogP contribution in [0.4, 0.5) is 10.1 Å². The molecule has 1 N–H and O–H groups in total. The lowest BCUT2D eigenvalue weighted by Gasteiger charge is -2.05. The number of rotatable bonds is 4. The highest BCUT2D eigenvalue weighted by molar-refractivity contribution is 6.30. The first kappa shape index (κ1) is 15.1. The van der Waals surface area contributed by atoms with E-state index < -0.39 is 11.7 Å². The molecule has 0 radical (unpaired) electrons. The SMILES string of the molecule is COc1ccccc1/C=C/C(=O)Nc1ccc(Cl)cc1F. The number of nitrogens with one attached hydrogen (secondary N) is 1. The molecule has 0 aromatic heterocycles. The number of carbonyl (C=O) groups is 1. The largest absolute Gasteiger partial charge is 0.496 e. The molecule has 0 heterocycles. The molecule has 0 saturated carbocycles. The minimum absolute atomic E-state index is 0.0778. The topological polar surface area (TPSA) is 38.3 Å². The summed E-state index contributed by atoms with van der Waals surface area (Å²) in [7, 11) is 1.55. The van der Waals surface area contributed by atoms with Gasteiger partial charge in [-0.25, -0.2) is 4.39 Å². The van der Waals surface area contributed by atoms with Crippen LogP contribution in [-0.4, -0.2) is 13.0 Å². The van der Waals surface area contributed by atoms with Crippen LogP contribution in [0.1, 0.15) is 5.56 Å². The Labute approximate surface area is 127 Å². The van der Waals surface area contributed by atoms with E-state index in [1.54, 1.807) is 19.3 Å². The van der Waals surface area contributed by atoms with Crippen LogP contribution in [0.2, 0.25) is 5.02 Å². The second-order valence-corrected chi connectivity index (χ2v) is 4.63. The van der Waals surface area contributed by atoms with E-state index in [1.807, 2.05) is 18.2 Å². The summed E-state index contributed by atoms with van der Waals surface area (Å²) in [6.07, 6.45) is 2.91. The van der Waals surface area contributed by atoms with Gasteiger partial charge in [-0.3, -0.25) is 4.79 Å². The number of ether oxygens (including phenoxy) is 1. The van der Waals surface area contributed by atoms with E-state index in [1.165, 1.54) is 18.2 Å². The van der Waals surface area contributed by atoms with Gasteiger partial charge in [0.25, 0.3) is 0 Å². The number of carbonyl (C=O) groups excluding carboxylic acids is 1. The summed E-state index contributed by atoms with van der Waals surface area (Å²) in [5.41, 5.74) is 0.834. The lowest BCUT2D eigenvalue weighted by atomic mass is 10.2. The summed E-state index contributed by atoms with van der Waals surface area (Å²) in [6.45, 7) is 0. The van der Waals surface area contributed by atoms with Gasteiger partial charge in [-0.05, 0) is 30.3 Å². The Morgan fingerprint density at radius 2 is 2.05 bits per heavy atom. The first-order valence-corrected chi connectivity index (χ1v) is 6.55. The van der Waals surface area contributed by atoms with Crippen molar-refractivity contribution in [2.75, 3.05) is 12.4 Å². The standard InChI is InChI=1S/C16H13ClFNO2/c1-21-15-5-3-2-4-11(15)6-9-16(20)19-14-8-7-12(17)10-13(14)18/h2-10H,1H3,(H,19,20)/b9-6+. The maximum Gasteiger partial charge on any atom is 0.248 e. The highest BCUT2D eigenvalue weighted by atomic mass is 35.5. The third kappa shape index (κ3) is 4.07. The Morgan fingerprint density at radius 1 is 1.29 bits per heavy atom. The van der Waals surface area contributed by atoms with Crippen molar-refractivity contribution in [3.8, 4) is 5.75 Å². The van der Waals surface area contributed by atoms with Gasteiger partial charge >= 0.3 is 0 Å². The third-order valence-corrected chi connectivity index (χ3v) is 2.98. The summed E-state index contributed by atoms with van der Waals surface area (Å²) < 4.78 is 18.7. The molecule has 1 amide bonds. The molecular formula is C16H13ClFNO2. The Morgan fingerprint density at radius 3 is 2.76 bits per heavy atom. The van der Waals surface area contributed by atoms with Crippen molar-refractivity contribution < 1.29 is 13.9 Å². The molecule has 0 fully saturated rings. The van der Waals surface area contributed by atoms with E-state index >= 15 is 0 Å². The van der Waals surface area contributed by atoms with E-state index in [4.69, 9.17) is 16.3 Å². The minimum atomic E-state index is -0.582. The normalized spacial score (nSPS) is 10.6. The number of para-hydroxylation sites is 1. The number of halogens is 2. The smallest absolute Gasteiger partial charge is 0.248 e. The van der Waals surface area contributed by atoms with E-state index in [9.17, 15) is 9.18 Å². The lowest BCUT2D eigenvalue weighted by molar-refractivity contribution is -0.111. The monoisotopic (exact) mass is 305 g/mol. The second kappa shape index (κ2) is 6.90. The molecule has 0 spiro atoms. The Hall–Kier alpha value is -2.33. The fraction of sp³-hybridized carbons (Fsp3) is 0.0625. The average molecular weight is 306 g/mol. The van der Waals surface area contributed by atoms with E-state index in [2.05, 4.69) is 5.32 Å². The van der Waals surface area contributed by atoms with Gasteiger partial charge in [-0.1, -0.05) is 29.8 Å². The molecule has 0 bridgehead atoms. The summed E-state index contributed by atoms with van der Waals surface area (Å²) >= 11 is 5.65. The van der Waals surface area contributed by atoms with Crippen molar-refractivity contribution in [2.45, 2.75) is 0 Å². The molecule has 2 aromatic rings. The number of hydrogen-bond acceptors (Lipinski definition) is 2.